The summed E-state index contributed by atoms with van der Waals surface area (Å²) in [5.41, 5.74) is -0.966. The summed E-state index contributed by atoms with van der Waals surface area (Å²) in [5, 5.41) is 0.0287. The van der Waals surface area contributed by atoms with Gasteiger partial charge in [-0.25, -0.2) is 4.79 Å². The van der Waals surface area contributed by atoms with Crippen molar-refractivity contribution in [2.45, 2.75) is 64.6 Å². The second-order valence-corrected chi connectivity index (χ2v) is 13.1. The van der Waals surface area contributed by atoms with Crippen LogP contribution < -0.4 is 11.2 Å². The van der Waals surface area contributed by atoms with Crippen LogP contribution >= 0.6 is 0 Å². The van der Waals surface area contributed by atoms with Crippen molar-refractivity contribution in [2.75, 3.05) is 33.5 Å². The summed E-state index contributed by atoms with van der Waals surface area (Å²) >= 11 is 0. The van der Waals surface area contributed by atoms with Gasteiger partial charge in [-0.15, -0.1) is 0 Å². The summed E-state index contributed by atoms with van der Waals surface area (Å²) in [6, 6.07) is 1.31. The molecule has 1 heterocycles. The smallest absolute Gasteiger partial charge is 0.330 e. The van der Waals surface area contributed by atoms with E-state index in [1.807, 2.05) is 6.92 Å². The van der Waals surface area contributed by atoms with E-state index in [-0.39, 0.29) is 17.7 Å². The van der Waals surface area contributed by atoms with Crippen LogP contribution in [-0.2, 0) is 18.6 Å². The van der Waals surface area contributed by atoms with E-state index in [9.17, 15) is 9.59 Å². The molecule has 0 aliphatic heterocycles. The number of nitrogens with one attached hydrogen (secondary N) is 1. The van der Waals surface area contributed by atoms with E-state index >= 15 is 0 Å². The molecule has 2 atom stereocenters. The monoisotopic (exact) mass is 416 g/mol. The lowest BCUT2D eigenvalue weighted by molar-refractivity contribution is -0.109. The van der Waals surface area contributed by atoms with Gasteiger partial charge >= 0.3 is 5.69 Å². The molecule has 0 fully saturated rings. The Morgan fingerprint density at radius 1 is 1.18 bits per heavy atom. The van der Waals surface area contributed by atoms with Crippen molar-refractivity contribution in [3.05, 3.63) is 33.1 Å². The van der Waals surface area contributed by atoms with Crippen LogP contribution in [0, 0.1) is 0 Å². The molecule has 0 saturated heterocycles. The standard InChI is InChI=1S/C19H36N2O6Si/c1-8-15(13-25-12-11-24-5)27-17(14-26-28(6,7)19(2,3)4)21-10-9-16(22)20-18(21)23/h9-10,15,17H,8,11-14H2,1-7H3,(H,20,22,23)/t15-,17-/m1/s1. The number of ether oxygens (including phenoxy) is 3. The fourth-order valence-electron chi connectivity index (χ4n) is 2.17. The van der Waals surface area contributed by atoms with E-state index in [0.29, 0.717) is 26.2 Å². The highest BCUT2D eigenvalue weighted by atomic mass is 28.4. The number of aromatic nitrogens is 2. The molecule has 0 amide bonds. The molecule has 0 saturated carbocycles. The normalized spacial score (nSPS) is 14.8. The maximum atomic E-state index is 12.3. The number of H-pyrrole nitrogens is 1. The van der Waals surface area contributed by atoms with Crippen molar-refractivity contribution in [1.29, 1.82) is 0 Å². The molecule has 8 nitrogen and oxygen atoms in total. The lowest BCUT2D eigenvalue weighted by Crippen LogP contribution is -2.44. The molecule has 28 heavy (non-hydrogen) atoms. The number of aromatic amines is 1. The average Bonchev–Trinajstić information content (AvgIpc) is 2.60. The quantitative estimate of drug-likeness (QED) is 0.416. The van der Waals surface area contributed by atoms with Gasteiger partial charge in [-0.2, -0.15) is 0 Å². The molecule has 162 valence electrons. The van der Waals surface area contributed by atoms with Gasteiger partial charge in [0.05, 0.1) is 32.5 Å². The van der Waals surface area contributed by atoms with Gasteiger partial charge in [0.25, 0.3) is 5.56 Å². The predicted octanol–water partition coefficient (Wildman–Crippen LogP) is 2.52. The van der Waals surface area contributed by atoms with Crippen molar-refractivity contribution >= 4 is 8.32 Å². The Bertz CT molecular complexity index is 695. The van der Waals surface area contributed by atoms with Crippen molar-refractivity contribution < 1.29 is 18.6 Å². The second kappa shape index (κ2) is 11.1. The van der Waals surface area contributed by atoms with Gasteiger partial charge in [-0.1, -0.05) is 27.7 Å². The zero-order valence-corrected chi connectivity index (χ0v) is 19.2. The highest BCUT2D eigenvalue weighted by Crippen LogP contribution is 2.37. The van der Waals surface area contributed by atoms with Crippen LogP contribution in [0.1, 0.15) is 40.3 Å². The van der Waals surface area contributed by atoms with Gasteiger partial charge in [0.1, 0.15) is 0 Å². The zero-order valence-electron chi connectivity index (χ0n) is 18.2. The third-order valence-corrected chi connectivity index (χ3v) is 9.60. The minimum atomic E-state index is -2.04. The van der Waals surface area contributed by atoms with Crippen LogP contribution in [0.5, 0.6) is 0 Å². The first-order valence-corrected chi connectivity index (χ1v) is 12.6. The molecule has 0 bridgehead atoms. The Morgan fingerprint density at radius 3 is 2.39 bits per heavy atom. The van der Waals surface area contributed by atoms with Crippen molar-refractivity contribution in [1.82, 2.24) is 9.55 Å². The van der Waals surface area contributed by atoms with Crippen molar-refractivity contribution in [3.63, 3.8) is 0 Å². The largest absolute Gasteiger partial charge is 0.412 e. The Morgan fingerprint density at radius 2 is 1.86 bits per heavy atom. The molecule has 0 aliphatic rings. The number of hydrogen-bond donors (Lipinski definition) is 1. The average molecular weight is 417 g/mol. The molecule has 0 radical (unpaired) electrons. The lowest BCUT2D eigenvalue weighted by Gasteiger charge is -2.37. The molecule has 0 aliphatic carbocycles. The third-order valence-electron chi connectivity index (χ3n) is 5.09. The number of nitrogens with zero attached hydrogens (tertiary/aromatic N) is 1. The first kappa shape index (κ1) is 24.8. The topological polar surface area (TPSA) is 91.8 Å². The molecule has 9 heteroatoms. The Balaban J connectivity index is 2.97. The summed E-state index contributed by atoms with van der Waals surface area (Å²) in [4.78, 5) is 26.0. The van der Waals surface area contributed by atoms with Crippen LogP contribution in [0.15, 0.2) is 21.9 Å². The Kier molecular flexibility index (Phi) is 9.78. The molecule has 1 rings (SSSR count). The van der Waals surface area contributed by atoms with Crippen LogP contribution in [0.4, 0.5) is 0 Å². The Hall–Kier alpha value is -1.26. The van der Waals surface area contributed by atoms with E-state index in [1.165, 1.54) is 16.8 Å². The summed E-state index contributed by atoms with van der Waals surface area (Å²) in [6.45, 7) is 14.3. The minimum absolute atomic E-state index is 0.0287. The van der Waals surface area contributed by atoms with Crippen LogP contribution in [-0.4, -0.2) is 57.5 Å². The van der Waals surface area contributed by atoms with E-state index in [4.69, 9.17) is 18.6 Å². The molecule has 0 spiro atoms. The van der Waals surface area contributed by atoms with Gasteiger partial charge in [0.2, 0.25) is 0 Å². The molecular formula is C19H36N2O6Si. The van der Waals surface area contributed by atoms with Crippen molar-refractivity contribution in [2.24, 2.45) is 0 Å². The maximum Gasteiger partial charge on any atom is 0.330 e. The van der Waals surface area contributed by atoms with Crippen LogP contribution in [0.3, 0.4) is 0 Å². The van der Waals surface area contributed by atoms with Crippen LogP contribution in [0.2, 0.25) is 18.1 Å². The van der Waals surface area contributed by atoms with Gasteiger partial charge in [-0.05, 0) is 24.6 Å². The zero-order chi connectivity index (χ0) is 21.4. The summed E-state index contributed by atoms with van der Waals surface area (Å²) in [6.07, 6.45) is 1.28. The first-order chi connectivity index (χ1) is 13.0. The Labute approximate surface area is 168 Å². The number of methoxy groups -OCH3 is 1. The molecule has 0 aromatic carbocycles. The van der Waals surface area contributed by atoms with E-state index in [0.717, 1.165) is 0 Å². The fraction of sp³-hybridized carbons (Fsp3) is 0.789. The lowest BCUT2D eigenvalue weighted by atomic mass is 10.2. The van der Waals surface area contributed by atoms with Gasteiger partial charge < -0.3 is 18.6 Å². The van der Waals surface area contributed by atoms with E-state index in [1.54, 1.807) is 7.11 Å². The number of rotatable bonds is 12. The highest BCUT2D eigenvalue weighted by Gasteiger charge is 2.38. The van der Waals surface area contributed by atoms with Gasteiger partial charge in [0.15, 0.2) is 14.5 Å². The van der Waals surface area contributed by atoms with Gasteiger partial charge in [-0.3, -0.25) is 14.3 Å². The maximum absolute atomic E-state index is 12.3. The summed E-state index contributed by atoms with van der Waals surface area (Å²) in [5.74, 6) is 0. The molecule has 1 aromatic heterocycles. The minimum Gasteiger partial charge on any atom is -0.412 e. The molecular weight excluding hydrogens is 380 g/mol. The molecule has 0 unspecified atom stereocenters. The van der Waals surface area contributed by atoms with E-state index < -0.39 is 25.8 Å². The summed E-state index contributed by atoms with van der Waals surface area (Å²) in [7, 11) is -0.422. The molecule has 1 N–H and O–H groups in total. The predicted molar refractivity (Wildman–Crippen MR) is 111 cm³/mol. The number of hydrogen-bond acceptors (Lipinski definition) is 6. The molecule has 1 aromatic rings. The SMILES string of the molecule is CC[C@H](COCCOC)O[C@H](CO[Si](C)(C)C(C)(C)C)n1ccc(=O)[nH]c1=O. The fourth-order valence-corrected chi connectivity index (χ4v) is 3.16. The summed E-state index contributed by atoms with van der Waals surface area (Å²) < 4.78 is 24.4. The first-order valence-electron chi connectivity index (χ1n) is 9.69. The highest BCUT2D eigenvalue weighted by molar-refractivity contribution is 6.74. The van der Waals surface area contributed by atoms with E-state index in [2.05, 4.69) is 38.8 Å². The van der Waals surface area contributed by atoms with Crippen LogP contribution in [0.25, 0.3) is 0 Å². The second-order valence-electron chi connectivity index (χ2n) is 8.28. The third kappa shape index (κ3) is 7.63. The van der Waals surface area contributed by atoms with Crippen molar-refractivity contribution in [3.8, 4) is 0 Å². The van der Waals surface area contributed by atoms with Gasteiger partial charge in [0, 0.05) is 19.4 Å².